The standard InChI is InChI=1S/C19H24N4O2S/c24-18(6-3-8-21-19(25)16-5-4-12-26-16)22-14-15-7-9-20-17(13-15)23-10-1-2-11-23/h4-5,7,9,12-13H,1-3,6,8,10-11,14H2,(H,21,25)(H,22,24). The molecule has 138 valence electrons. The van der Waals surface area contributed by atoms with Crippen LogP contribution >= 0.6 is 11.3 Å². The molecule has 0 unspecified atom stereocenters. The van der Waals surface area contributed by atoms with Crippen molar-refractivity contribution >= 4 is 29.0 Å². The Balaban J connectivity index is 1.35. The van der Waals surface area contributed by atoms with Gasteiger partial charge in [-0.25, -0.2) is 4.98 Å². The smallest absolute Gasteiger partial charge is 0.261 e. The topological polar surface area (TPSA) is 74.3 Å². The van der Waals surface area contributed by atoms with Crippen molar-refractivity contribution in [3.05, 3.63) is 46.3 Å². The van der Waals surface area contributed by atoms with Gasteiger partial charge in [-0.3, -0.25) is 9.59 Å². The van der Waals surface area contributed by atoms with E-state index in [1.165, 1.54) is 24.2 Å². The minimum Gasteiger partial charge on any atom is -0.357 e. The van der Waals surface area contributed by atoms with Crippen molar-refractivity contribution in [2.45, 2.75) is 32.2 Å². The third kappa shape index (κ3) is 5.29. The number of carbonyl (C=O) groups is 2. The molecule has 2 aromatic heterocycles. The lowest BCUT2D eigenvalue weighted by atomic mass is 10.2. The Bertz CT molecular complexity index is 727. The van der Waals surface area contributed by atoms with Crippen LogP contribution in [0, 0.1) is 0 Å². The van der Waals surface area contributed by atoms with Gasteiger partial charge in [0.15, 0.2) is 0 Å². The Morgan fingerprint density at radius 1 is 1.19 bits per heavy atom. The summed E-state index contributed by atoms with van der Waals surface area (Å²) in [5, 5.41) is 7.64. The molecule has 1 aliphatic heterocycles. The van der Waals surface area contributed by atoms with Crippen LogP contribution in [-0.2, 0) is 11.3 Å². The van der Waals surface area contributed by atoms with Gasteiger partial charge in [0.2, 0.25) is 5.91 Å². The van der Waals surface area contributed by atoms with E-state index in [1.807, 2.05) is 23.6 Å². The second kappa shape index (κ2) is 9.33. The van der Waals surface area contributed by atoms with E-state index in [2.05, 4.69) is 20.5 Å². The van der Waals surface area contributed by atoms with Gasteiger partial charge in [0.1, 0.15) is 5.82 Å². The number of nitrogens with one attached hydrogen (secondary N) is 2. The first-order valence-corrected chi connectivity index (χ1v) is 9.88. The highest BCUT2D eigenvalue weighted by Crippen LogP contribution is 2.18. The molecule has 2 amide bonds. The van der Waals surface area contributed by atoms with Gasteiger partial charge in [0.25, 0.3) is 5.91 Å². The van der Waals surface area contributed by atoms with Crippen LogP contribution in [-0.4, -0.2) is 36.4 Å². The maximum atomic E-state index is 12.0. The van der Waals surface area contributed by atoms with Gasteiger partial charge in [-0.05, 0) is 48.4 Å². The van der Waals surface area contributed by atoms with Crippen LogP contribution in [0.2, 0.25) is 0 Å². The third-order valence-electron chi connectivity index (χ3n) is 4.34. The summed E-state index contributed by atoms with van der Waals surface area (Å²) >= 11 is 1.41. The zero-order chi connectivity index (χ0) is 18.2. The molecule has 0 saturated carbocycles. The quantitative estimate of drug-likeness (QED) is 0.699. The number of hydrogen-bond acceptors (Lipinski definition) is 5. The van der Waals surface area contributed by atoms with Crippen molar-refractivity contribution in [1.29, 1.82) is 0 Å². The highest BCUT2D eigenvalue weighted by molar-refractivity contribution is 7.12. The van der Waals surface area contributed by atoms with Crippen LogP contribution in [0.3, 0.4) is 0 Å². The summed E-state index contributed by atoms with van der Waals surface area (Å²) < 4.78 is 0. The van der Waals surface area contributed by atoms with Gasteiger partial charge in [-0.15, -0.1) is 11.3 Å². The van der Waals surface area contributed by atoms with Crippen molar-refractivity contribution in [1.82, 2.24) is 15.6 Å². The summed E-state index contributed by atoms with van der Waals surface area (Å²) in [5.41, 5.74) is 1.06. The molecule has 1 saturated heterocycles. The van der Waals surface area contributed by atoms with E-state index in [1.54, 1.807) is 12.3 Å². The number of amides is 2. The molecule has 6 nitrogen and oxygen atoms in total. The van der Waals surface area contributed by atoms with E-state index in [-0.39, 0.29) is 11.8 Å². The fraction of sp³-hybridized carbons (Fsp3) is 0.421. The summed E-state index contributed by atoms with van der Waals surface area (Å²) in [6.07, 6.45) is 5.25. The largest absolute Gasteiger partial charge is 0.357 e. The Morgan fingerprint density at radius 2 is 2.04 bits per heavy atom. The predicted molar refractivity (Wildman–Crippen MR) is 103 cm³/mol. The van der Waals surface area contributed by atoms with Crippen molar-refractivity contribution in [3.8, 4) is 0 Å². The summed E-state index contributed by atoms with van der Waals surface area (Å²) in [6.45, 7) is 3.11. The maximum Gasteiger partial charge on any atom is 0.261 e. The lowest BCUT2D eigenvalue weighted by Crippen LogP contribution is -2.27. The van der Waals surface area contributed by atoms with Gasteiger partial charge in [-0.1, -0.05) is 6.07 Å². The number of carbonyl (C=O) groups excluding carboxylic acids is 2. The molecule has 2 aromatic rings. The van der Waals surface area contributed by atoms with Crippen LogP contribution in [0.4, 0.5) is 5.82 Å². The second-order valence-corrected chi connectivity index (χ2v) is 7.28. The lowest BCUT2D eigenvalue weighted by molar-refractivity contribution is -0.121. The van der Waals surface area contributed by atoms with E-state index in [0.717, 1.165) is 24.5 Å². The van der Waals surface area contributed by atoms with Crippen LogP contribution in [0.15, 0.2) is 35.8 Å². The first-order chi connectivity index (χ1) is 12.7. The summed E-state index contributed by atoms with van der Waals surface area (Å²) in [7, 11) is 0. The van der Waals surface area contributed by atoms with Crippen LogP contribution in [0.25, 0.3) is 0 Å². The predicted octanol–water partition coefficient (Wildman–Crippen LogP) is 2.57. The zero-order valence-electron chi connectivity index (χ0n) is 14.7. The molecular formula is C19H24N4O2S. The minimum atomic E-state index is -0.0772. The molecule has 1 fully saturated rings. The zero-order valence-corrected chi connectivity index (χ0v) is 15.6. The molecule has 7 heteroatoms. The van der Waals surface area contributed by atoms with E-state index in [9.17, 15) is 9.59 Å². The number of pyridine rings is 1. The van der Waals surface area contributed by atoms with E-state index in [4.69, 9.17) is 0 Å². The highest BCUT2D eigenvalue weighted by Gasteiger charge is 2.13. The molecule has 0 bridgehead atoms. The lowest BCUT2D eigenvalue weighted by Gasteiger charge is -2.17. The van der Waals surface area contributed by atoms with Crippen molar-refractivity contribution < 1.29 is 9.59 Å². The summed E-state index contributed by atoms with van der Waals surface area (Å²) in [6, 6.07) is 7.62. The van der Waals surface area contributed by atoms with E-state index in [0.29, 0.717) is 30.8 Å². The highest BCUT2D eigenvalue weighted by atomic mass is 32.1. The molecule has 1 aliphatic rings. The Labute approximate surface area is 157 Å². The second-order valence-electron chi connectivity index (χ2n) is 6.33. The Hall–Kier alpha value is -2.41. The SMILES string of the molecule is O=C(CCCNC(=O)c1cccs1)NCc1ccnc(N2CCCC2)c1. The van der Waals surface area contributed by atoms with Crippen LogP contribution in [0.5, 0.6) is 0 Å². The number of rotatable bonds is 8. The number of hydrogen-bond donors (Lipinski definition) is 2. The molecule has 0 radical (unpaired) electrons. The average Bonchev–Trinajstić information content (AvgIpc) is 3.37. The molecule has 0 aromatic carbocycles. The van der Waals surface area contributed by atoms with Crippen molar-refractivity contribution in [2.24, 2.45) is 0 Å². The van der Waals surface area contributed by atoms with Gasteiger partial charge in [0, 0.05) is 38.8 Å². The molecular weight excluding hydrogens is 348 g/mol. The monoisotopic (exact) mass is 372 g/mol. The van der Waals surface area contributed by atoms with Crippen molar-refractivity contribution in [3.63, 3.8) is 0 Å². The Kier molecular flexibility index (Phi) is 6.60. The number of aromatic nitrogens is 1. The van der Waals surface area contributed by atoms with Crippen LogP contribution < -0.4 is 15.5 Å². The molecule has 0 aliphatic carbocycles. The molecule has 2 N–H and O–H groups in total. The number of thiophene rings is 1. The average molecular weight is 372 g/mol. The molecule has 3 rings (SSSR count). The summed E-state index contributed by atoms with van der Waals surface area (Å²) in [4.78, 5) is 31.2. The number of anilines is 1. The molecule has 0 spiro atoms. The van der Waals surface area contributed by atoms with Gasteiger partial charge < -0.3 is 15.5 Å². The fourth-order valence-electron chi connectivity index (χ4n) is 2.92. The molecule has 0 atom stereocenters. The van der Waals surface area contributed by atoms with Crippen LogP contribution in [0.1, 0.15) is 40.9 Å². The Morgan fingerprint density at radius 3 is 2.81 bits per heavy atom. The molecule has 3 heterocycles. The first-order valence-electron chi connectivity index (χ1n) is 9.00. The number of nitrogens with zero attached hydrogens (tertiary/aromatic N) is 2. The van der Waals surface area contributed by atoms with E-state index < -0.39 is 0 Å². The third-order valence-corrected chi connectivity index (χ3v) is 5.21. The normalized spacial score (nSPS) is 13.6. The van der Waals surface area contributed by atoms with Crippen molar-refractivity contribution in [2.75, 3.05) is 24.5 Å². The van der Waals surface area contributed by atoms with Gasteiger partial charge >= 0.3 is 0 Å². The van der Waals surface area contributed by atoms with Gasteiger partial charge in [-0.2, -0.15) is 0 Å². The fourth-order valence-corrected chi connectivity index (χ4v) is 3.56. The van der Waals surface area contributed by atoms with E-state index >= 15 is 0 Å². The first kappa shape index (κ1) is 18.4. The minimum absolute atomic E-state index is 0.00472. The maximum absolute atomic E-state index is 12.0. The molecule has 26 heavy (non-hydrogen) atoms. The van der Waals surface area contributed by atoms with Gasteiger partial charge in [0.05, 0.1) is 4.88 Å². The summed E-state index contributed by atoms with van der Waals surface area (Å²) in [5.74, 6) is 0.909.